The van der Waals surface area contributed by atoms with Crippen LogP contribution in [0.25, 0.3) is 44.5 Å². The van der Waals surface area contributed by atoms with Gasteiger partial charge in [0.25, 0.3) is 0 Å². The average Bonchev–Trinajstić information content (AvgIpc) is 3.51. The molecule has 0 spiro atoms. The van der Waals surface area contributed by atoms with Gasteiger partial charge in [0.15, 0.2) is 23.3 Å². The van der Waals surface area contributed by atoms with Gasteiger partial charge in [0.2, 0.25) is 0 Å². The van der Waals surface area contributed by atoms with E-state index in [1.165, 1.54) is 12.1 Å². The molecule has 0 radical (unpaired) electrons. The summed E-state index contributed by atoms with van der Waals surface area (Å²) < 4.78 is 56.5. The summed E-state index contributed by atoms with van der Waals surface area (Å²) >= 11 is 0. The van der Waals surface area contributed by atoms with Gasteiger partial charge in [0, 0.05) is 22.3 Å². The summed E-state index contributed by atoms with van der Waals surface area (Å²) in [5, 5.41) is 40.0. The van der Waals surface area contributed by atoms with Crippen LogP contribution in [0.2, 0.25) is 0 Å². The molecule has 0 atom stereocenters. The van der Waals surface area contributed by atoms with Crippen LogP contribution in [-0.2, 0) is 0 Å². The predicted molar refractivity (Wildman–Crippen MR) is 147 cm³/mol. The van der Waals surface area contributed by atoms with Crippen molar-refractivity contribution in [3.05, 3.63) is 129 Å². The topological polar surface area (TPSA) is 95.2 Å². The third-order valence-electron chi connectivity index (χ3n) is 7.33. The minimum Gasteiger partial charge on any atom is -0.204 e. The first kappa shape index (κ1) is 26.0. The first-order valence-corrected chi connectivity index (χ1v) is 12.4. The molecule has 196 valence electrons. The standard InChI is InChI=1S/C34H12F4N4/c35-25-9-7-17(11-27(25)37)21-3-1-5-23-29(19(13-39)14-40)33-32-22(18-8-10-26(36)28(38)12-18)4-2-6-24(32)30(20(15-41)16-42)34(33)31(21)23/h1-12H. The van der Waals surface area contributed by atoms with Crippen LogP contribution in [0.1, 0.15) is 22.3 Å². The van der Waals surface area contributed by atoms with Gasteiger partial charge in [0.05, 0.1) is 0 Å². The monoisotopic (exact) mass is 552 g/mol. The molecule has 0 saturated carbocycles. The number of nitriles is 4. The van der Waals surface area contributed by atoms with E-state index in [-0.39, 0.29) is 33.4 Å². The Morgan fingerprint density at radius 3 is 1.14 bits per heavy atom. The molecule has 0 bridgehead atoms. The molecular weight excluding hydrogens is 540 g/mol. The van der Waals surface area contributed by atoms with Gasteiger partial charge in [-0.2, -0.15) is 21.0 Å². The zero-order valence-electron chi connectivity index (χ0n) is 21.2. The van der Waals surface area contributed by atoms with Crippen molar-refractivity contribution in [2.45, 2.75) is 0 Å². The number of hydrogen-bond donors (Lipinski definition) is 0. The Labute approximate surface area is 236 Å². The van der Waals surface area contributed by atoms with Crippen LogP contribution in [0.15, 0.2) is 83.9 Å². The van der Waals surface area contributed by atoms with Crippen molar-refractivity contribution in [1.29, 1.82) is 21.0 Å². The summed E-state index contributed by atoms with van der Waals surface area (Å²) in [5.74, 6) is -4.29. The SMILES string of the molecule is N#CC(C#N)=C1C2=C(C(=C(C#N)C#N)c3cccc(-c4ccc(F)c(F)c4)c32)c2c1cccc2-c1ccc(F)c(F)c1. The van der Waals surface area contributed by atoms with Crippen molar-refractivity contribution in [1.82, 2.24) is 0 Å². The molecule has 0 unspecified atom stereocenters. The summed E-state index contributed by atoms with van der Waals surface area (Å²) in [4.78, 5) is 0. The van der Waals surface area contributed by atoms with Crippen LogP contribution in [-0.4, -0.2) is 0 Å². The number of nitrogens with zero attached hydrogens (tertiary/aromatic N) is 4. The van der Waals surface area contributed by atoms with Gasteiger partial charge in [-0.25, -0.2) is 17.6 Å². The number of fused-ring (bicyclic) bond motifs is 4. The Morgan fingerprint density at radius 1 is 0.452 bits per heavy atom. The molecule has 42 heavy (non-hydrogen) atoms. The second-order valence-electron chi connectivity index (χ2n) is 9.41. The smallest absolute Gasteiger partial charge is 0.159 e. The Morgan fingerprint density at radius 2 is 0.810 bits per heavy atom. The summed E-state index contributed by atoms with van der Waals surface area (Å²) in [6, 6.07) is 24.2. The first-order valence-electron chi connectivity index (χ1n) is 12.4. The zero-order chi connectivity index (χ0) is 29.7. The van der Waals surface area contributed by atoms with E-state index in [4.69, 9.17) is 0 Å². The Balaban J connectivity index is 1.82. The quantitative estimate of drug-likeness (QED) is 0.185. The third kappa shape index (κ3) is 3.65. The lowest BCUT2D eigenvalue weighted by atomic mass is 9.84. The number of rotatable bonds is 2. The molecule has 0 heterocycles. The molecule has 0 saturated heterocycles. The summed E-state index contributed by atoms with van der Waals surface area (Å²) in [6.45, 7) is 0. The van der Waals surface area contributed by atoms with E-state index in [0.29, 0.717) is 44.5 Å². The molecule has 0 aromatic heterocycles. The lowest BCUT2D eigenvalue weighted by Gasteiger charge is -2.17. The highest BCUT2D eigenvalue weighted by atomic mass is 19.2. The second-order valence-corrected chi connectivity index (χ2v) is 9.41. The minimum atomic E-state index is -1.09. The fourth-order valence-electron chi connectivity index (χ4n) is 5.68. The molecule has 2 aliphatic carbocycles. The van der Waals surface area contributed by atoms with Crippen LogP contribution >= 0.6 is 0 Å². The van der Waals surface area contributed by atoms with Crippen LogP contribution in [0.3, 0.4) is 0 Å². The Hall–Kier alpha value is -6.22. The molecule has 8 heteroatoms. The van der Waals surface area contributed by atoms with E-state index >= 15 is 0 Å². The molecule has 0 fully saturated rings. The number of benzene rings is 4. The lowest BCUT2D eigenvalue weighted by Crippen LogP contribution is -1.99. The molecular formula is C34H12F4N4. The van der Waals surface area contributed by atoms with Crippen LogP contribution < -0.4 is 0 Å². The summed E-state index contributed by atoms with van der Waals surface area (Å²) in [7, 11) is 0. The molecule has 0 amide bonds. The molecule has 4 nitrogen and oxygen atoms in total. The molecule has 2 aliphatic rings. The van der Waals surface area contributed by atoms with E-state index in [2.05, 4.69) is 0 Å². The first-order chi connectivity index (χ1) is 20.3. The maximum Gasteiger partial charge on any atom is 0.159 e. The van der Waals surface area contributed by atoms with E-state index in [1.54, 1.807) is 36.4 Å². The average molecular weight is 552 g/mol. The van der Waals surface area contributed by atoms with Crippen molar-refractivity contribution < 1.29 is 17.6 Å². The number of hydrogen-bond acceptors (Lipinski definition) is 4. The van der Waals surface area contributed by atoms with Gasteiger partial charge >= 0.3 is 0 Å². The van der Waals surface area contributed by atoms with Gasteiger partial charge in [-0.05, 0) is 68.8 Å². The number of allylic oxidation sites excluding steroid dienone is 6. The van der Waals surface area contributed by atoms with Crippen LogP contribution in [0.5, 0.6) is 0 Å². The van der Waals surface area contributed by atoms with Crippen LogP contribution in [0, 0.1) is 68.6 Å². The highest BCUT2D eigenvalue weighted by Gasteiger charge is 2.42. The highest BCUT2D eigenvalue weighted by molar-refractivity contribution is 6.39. The molecule has 0 N–H and O–H groups in total. The minimum absolute atomic E-state index is 0.205. The second kappa shape index (κ2) is 9.76. The van der Waals surface area contributed by atoms with Crippen LogP contribution in [0.4, 0.5) is 17.6 Å². The maximum absolute atomic E-state index is 14.4. The van der Waals surface area contributed by atoms with Gasteiger partial charge in [-0.15, -0.1) is 0 Å². The fourth-order valence-corrected chi connectivity index (χ4v) is 5.68. The van der Waals surface area contributed by atoms with Crippen molar-refractivity contribution in [2.75, 3.05) is 0 Å². The summed E-state index contributed by atoms with van der Waals surface area (Å²) in [5.41, 5.74) is 3.52. The highest BCUT2D eigenvalue weighted by Crippen LogP contribution is 2.62. The fraction of sp³-hybridized carbons (Fsp3) is 0. The van der Waals surface area contributed by atoms with E-state index in [9.17, 15) is 38.6 Å². The van der Waals surface area contributed by atoms with E-state index < -0.39 is 23.3 Å². The van der Waals surface area contributed by atoms with Gasteiger partial charge in [-0.3, -0.25) is 0 Å². The summed E-state index contributed by atoms with van der Waals surface area (Å²) in [6.07, 6.45) is 0. The Kier molecular flexibility index (Phi) is 6.05. The number of halogens is 4. The van der Waals surface area contributed by atoms with Gasteiger partial charge < -0.3 is 0 Å². The third-order valence-corrected chi connectivity index (χ3v) is 7.33. The molecule has 4 aromatic carbocycles. The molecule has 0 aliphatic heterocycles. The van der Waals surface area contributed by atoms with E-state index in [0.717, 1.165) is 24.3 Å². The Bertz CT molecular complexity index is 1990. The molecule has 6 rings (SSSR count). The van der Waals surface area contributed by atoms with E-state index in [1.807, 2.05) is 24.3 Å². The van der Waals surface area contributed by atoms with Crippen molar-refractivity contribution in [3.8, 4) is 46.5 Å². The van der Waals surface area contributed by atoms with Gasteiger partial charge in [-0.1, -0.05) is 48.5 Å². The lowest BCUT2D eigenvalue weighted by molar-refractivity contribution is 0.509. The van der Waals surface area contributed by atoms with Crippen molar-refractivity contribution in [3.63, 3.8) is 0 Å². The predicted octanol–water partition coefficient (Wildman–Crippen LogP) is 8.12. The van der Waals surface area contributed by atoms with Crippen molar-refractivity contribution >= 4 is 22.3 Å². The zero-order valence-corrected chi connectivity index (χ0v) is 21.2. The molecule has 4 aromatic rings. The maximum atomic E-state index is 14.4. The van der Waals surface area contributed by atoms with Crippen molar-refractivity contribution in [2.24, 2.45) is 0 Å². The largest absolute Gasteiger partial charge is 0.204 e. The normalized spacial score (nSPS) is 12.5. The van der Waals surface area contributed by atoms with Gasteiger partial charge in [0.1, 0.15) is 35.4 Å².